The third kappa shape index (κ3) is 3.95. The first-order chi connectivity index (χ1) is 15.0. The van der Waals surface area contributed by atoms with Gasteiger partial charge in [0.25, 0.3) is 0 Å². The minimum absolute atomic E-state index is 0.0896. The van der Waals surface area contributed by atoms with Crippen molar-refractivity contribution in [3.8, 4) is 22.5 Å². The second-order valence-electron chi connectivity index (χ2n) is 7.93. The lowest BCUT2D eigenvalue weighted by molar-refractivity contribution is -0.125. The number of anilines is 1. The van der Waals surface area contributed by atoms with Crippen LogP contribution in [0, 0.1) is 0 Å². The molecule has 1 N–H and O–H groups in total. The minimum Gasteiger partial charge on any atom is -0.356 e. The van der Waals surface area contributed by atoms with Gasteiger partial charge in [0.2, 0.25) is 11.8 Å². The first-order valence-electron chi connectivity index (χ1n) is 10.7. The Morgan fingerprint density at radius 1 is 1.03 bits per heavy atom. The molecule has 0 fully saturated rings. The summed E-state index contributed by atoms with van der Waals surface area (Å²) >= 11 is 0. The Labute approximate surface area is 182 Å². The summed E-state index contributed by atoms with van der Waals surface area (Å²) < 4.78 is 1.94. The van der Waals surface area contributed by atoms with Crippen LogP contribution in [0.3, 0.4) is 0 Å². The molecule has 0 atom stereocenters. The van der Waals surface area contributed by atoms with E-state index in [9.17, 15) is 9.59 Å². The van der Waals surface area contributed by atoms with Gasteiger partial charge in [-0.1, -0.05) is 47.7 Å². The van der Waals surface area contributed by atoms with E-state index in [1.54, 1.807) is 4.90 Å². The number of nitrogens with zero attached hydrogens (tertiary/aromatic N) is 4. The van der Waals surface area contributed by atoms with Gasteiger partial charge in [-0.05, 0) is 32.4 Å². The molecule has 31 heavy (non-hydrogen) atoms. The van der Waals surface area contributed by atoms with Crippen molar-refractivity contribution in [2.24, 2.45) is 0 Å². The van der Waals surface area contributed by atoms with Crippen LogP contribution in [0.15, 0.2) is 48.5 Å². The highest BCUT2D eigenvalue weighted by molar-refractivity contribution is 6.01. The predicted octanol–water partition coefficient (Wildman–Crippen LogP) is 3.96. The van der Waals surface area contributed by atoms with E-state index < -0.39 is 0 Å². The number of para-hydroxylation sites is 1. The van der Waals surface area contributed by atoms with Crippen molar-refractivity contribution in [2.45, 2.75) is 46.2 Å². The summed E-state index contributed by atoms with van der Waals surface area (Å²) in [4.78, 5) is 27.0. The molecule has 0 bridgehead atoms. The maximum absolute atomic E-state index is 13.3. The van der Waals surface area contributed by atoms with E-state index in [2.05, 4.69) is 35.5 Å². The van der Waals surface area contributed by atoms with Gasteiger partial charge in [0.15, 0.2) is 0 Å². The topological polar surface area (TPSA) is 80.1 Å². The summed E-state index contributed by atoms with van der Waals surface area (Å²) in [6.45, 7) is 7.01. The molecule has 0 aliphatic carbocycles. The fraction of sp³-hybridized carbons (Fsp3) is 0.333. The lowest BCUT2D eigenvalue weighted by Crippen LogP contribution is -2.33. The van der Waals surface area contributed by atoms with E-state index in [-0.39, 0.29) is 30.7 Å². The van der Waals surface area contributed by atoms with Crippen LogP contribution in [0.5, 0.6) is 0 Å². The van der Waals surface area contributed by atoms with E-state index in [0.29, 0.717) is 13.1 Å². The van der Waals surface area contributed by atoms with E-state index in [1.165, 1.54) is 0 Å². The molecule has 2 aromatic carbocycles. The smallest absolute Gasteiger partial charge is 0.227 e. The molecular weight excluding hydrogens is 390 g/mol. The largest absolute Gasteiger partial charge is 0.356 e. The molecule has 2 amide bonds. The van der Waals surface area contributed by atoms with E-state index in [1.807, 2.05) is 54.1 Å². The molecule has 1 aliphatic rings. The summed E-state index contributed by atoms with van der Waals surface area (Å²) in [6.07, 6.45) is 0.315. The van der Waals surface area contributed by atoms with Crippen molar-refractivity contribution in [1.29, 1.82) is 0 Å². The molecule has 1 aromatic heterocycles. The average molecular weight is 418 g/mol. The number of amides is 2. The van der Waals surface area contributed by atoms with Crippen molar-refractivity contribution in [2.75, 3.05) is 11.4 Å². The van der Waals surface area contributed by atoms with Gasteiger partial charge in [-0.15, -0.1) is 5.10 Å². The van der Waals surface area contributed by atoms with Gasteiger partial charge in [0.05, 0.1) is 17.9 Å². The molecule has 0 unspecified atom stereocenters. The first kappa shape index (κ1) is 20.8. The molecule has 4 rings (SSSR count). The van der Waals surface area contributed by atoms with Gasteiger partial charge in [-0.25, -0.2) is 4.68 Å². The van der Waals surface area contributed by atoms with Gasteiger partial charge in [-0.2, -0.15) is 0 Å². The molecule has 7 nitrogen and oxygen atoms in total. The molecule has 0 spiro atoms. The molecule has 7 heteroatoms. The third-order valence-electron chi connectivity index (χ3n) is 5.48. The second kappa shape index (κ2) is 8.71. The van der Waals surface area contributed by atoms with Gasteiger partial charge in [0.1, 0.15) is 5.69 Å². The number of rotatable bonds is 5. The number of carbonyl (C=O) groups excluding carboxylic acids is 2. The summed E-state index contributed by atoms with van der Waals surface area (Å²) in [5.41, 5.74) is 5.42. The second-order valence-corrected chi connectivity index (χ2v) is 7.93. The SMILES string of the molecule is CCNC(=O)CCC(=O)N1Cc2ccccc2-c2c(nnn2C(C)C)-c2ccccc21. The summed E-state index contributed by atoms with van der Waals surface area (Å²) in [5.74, 6) is -0.202. The summed E-state index contributed by atoms with van der Waals surface area (Å²) in [6, 6.07) is 16.0. The van der Waals surface area contributed by atoms with Crippen molar-refractivity contribution in [3.05, 3.63) is 54.1 Å². The van der Waals surface area contributed by atoms with Crippen molar-refractivity contribution in [1.82, 2.24) is 20.3 Å². The van der Waals surface area contributed by atoms with Crippen LogP contribution in [0.4, 0.5) is 5.69 Å². The molecule has 0 radical (unpaired) electrons. The quantitative estimate of drug-likeness (QED) is 0.682. The van der Waals surface area contributed by atoms with Crippen LogP contribution in [0.25, 0.3) is 22.5 Å². The first-order valence-corrected chi connectivity index (χ1v) is 10.7. The third-order valence-corrected chi connectivity index (χ3v) is 5.48. The molecule has 3 aromatic rings. The summed E-state index contributed by atoms with van der Waals surface area (Å²) in [7, 11) is 0. The molecule has 2 heterocycles. The van der Waals surface area contributed by atoms with Crippen molar-refractivity contribution < 1.29 is 9.59 Å². The number of hydrogen-bond acceptors (Lipinski definition) is 4. The number of aromatic nitrogens is 3. The molecule has 0 saturated carbocycles. The zero-order valence-electron chi connectivity index (χ0n) is 18.1. The minimum atomic E-state index is -0.112. The maximum Gasteiger partial charge on any atom is 0.227 e. The number of nitrogens with one attached hydrogen (secondary N) is 1. The number of benzene rings is 2. The van der Waals surface area contributed by atoms with E-state index in [4.69, 9.17) is 0 Å². The highest BCUT2D eigenvalue weighted by atomic mass is 16.2. The van der Waals surface area contributed by atoms with Crippen LogP contribution in [0.2, 0.25) is 0 Å². The van der Waals surface area contributed by atoms with Crippen LogP contribution in [0.1, 0.15) is 45.2 Å². The zero-order valence-corrected chi connectivity index (χ0v) is 18.1. The van der Waals surface area contributed by atoms with Crippen molar-refractivity contribution in [3.63, 3.8) is 0 Å². The lowest BCUT2D eigenvalue weighted by atomic mass is 9.95. The number of fused-ring (bicyclic) bond motifs is 5. The van der Waals surface area contributed by atoms with Crippen molar-refractivity contribution >= 4 is 17.5 Å². The highest BCUT2D eigenvalue weighted by Gasteiger charge is 2.29. The fourth-order valence-corrected chi connectivity index (χ4v) is 4.00. The number of carbonyl (C=O) groups is 2. The normalized spacial score (nSPS) is 12.5. The fourth-order valence-electron chi connectivity index (χ4n) is 4.00. The Morgan fingerprint density at radius 2 is 1.74 bits per heavy atom. The molecule has 0 saturated heterocycles. The summed E-state index contributed by atoms with van der Waals surface area (Å²) in [5, 5.41) is 11.7. The van der Waals surface area contributed by atoms with E-state index >= 15 is 0 Å². The number of hydrogen-bond donors (Lipinski definition) is 1. The van der Waals surface area contributed by atoms with Crippen LogP contribution >= 0.6 is 0 Å². The molecule has 1 aliphatic heterocycles. The maximum atomic E-state index is 13.3. The standard InChI is InChI=1S/C24H27N5O2/c1-4-25-21(30)13-14-22(31)28-15-17-9-5-6-10-18(17)24-23(26-27-29(24)16(2)3)19-11-7-8-12-20(19)28/h5-12,16H,4,13-15H2,1-3H3,(H,25,30). The Kier molecular flexibility index (Phi) is 5.84. The molecular formula is C24H27N5O2. The van der Waals surface area contributed by atoms with Gasteiger partial charge in [-0.3, -0.25) is 9.59 Å². The van der Waals surface area contributed by atoms with E-state index in [0.717, 1.165) is 33.8 Å². The van der Waals surface area contributed by atoms with Crippen LogP contribution < -0.4 is 10.2 Å². The predicted molar refractivity (Wildman–Crippen MR) is 120 cm³/mol. The Balaban J connectivity index is 1.84. The van der Waals surface area contributed by atoms with Gasteiger partial charge < -0.3 is 10.2 Å². The Hall–Kier alpha value is -3.48. The molecule has 160 valence electrons. The van der Waals surface area contributed by atoms with Crippen LogP contribution in [-0.4, -0.2) is 33.4 Å². The average Bonchev–Trinajstić information content (AvgIpc) is 3.20. The Bertz CT molecular complexity index is 1120. The van der Waals surface area contributed by atoms with Gasteiger partial charge >= 0.3 is 0 Å². The zero-order chi connectivity index (χ0) is 22.0. The lowest BCUT2D eigenvalue weighted by Gasteiger charge is -2.28. The van der Waals surface area contributed by atoms with Crippen LogP contribution in [-0.2, 0) is 16.1 Å². The monoisotopic (exact) mass is 417 g/mol. The van der Waals surface area contributed by atoms with Gasteiger partial charge in [0, 0.05) is 36.6 Å². The highest BCUT2D eigenvalue weighted by Crippen LogP contribution is 2.41. The Morgan fingerprint density at radius 3 is 2.48 bits per heavy atom.